The highest BCUT2D eigenvalue weighted by Crippen LogP contribution is 2.27. The maximum atomic E-state index is 13.2. The van der Waals surface area contributed by atoms with Crippen LogP contribution in [0.5, 0.6) is 0 Å². The van der Waals surface area contributed by atoms with Gasteiger partial charge in [-0.1, -0.05) is 30.3 Å². The van der Waals surface area contributed by atoms with Crippen molar-refractivity contribution in [3.8, 4) is 11.1 Å². The summed E-state index contributed by atoms with van der Waals surface area (Å²) in [5, 5.41) is 7.16. The zero-order valence-corrected chi connectivity index (χ0v) is 16.0. The summed E-state index contributed by atoms with van der Waals surface area (Å²) in [5.74, 6) is 0.111. The number of hydrogen-bond acceptors (Lipinski definition) is 3. The fraction of sp³-hybridized carbons (Fsp3) is 0.273. The van der Waals surface area contributed by atoms with E-state index >= 15 is 0 Å². The number of nitrogens with zero attached hydrogens (tertiary/aromatic N) is 1. The van der Waals surface area contributed by atoms with Gasteiger partial charge in [-0.15, -0.1) is 0 Å². The Morgan fingerprint density at radius 1 is 1.21 bits per heavy atom. The quantitative estimate of drug-likeness (QED) is 0.687. The molecule has 1 unspecified atom stereocenters. The van der Waals surface area contributed by atoms with Gasteiger partial charge in [0.25, 0.3) is 5.91 Å². The molecule has 152 valence electrons. The van der Waals surface area contributed by atoms with E-state index in [1.54, 1.807) is 18.3 Å². The van der Waals surface area contributed by atoms with E-state index in [1.165, 1.54) is 12.1 Å². The summed E-state index contributed by atoms with van der Waals surface area (Å²) in [7, 11) is 0. The average molecular weight is 401 g/mol. The molecule has 1 saturated heterocycles. The number of alkyl halides is 2. The zero-order chi connectivity index (χ0) is 20.8. The van der Waals surface area contributed by atoms with Gasteiger partial charge in [-0.2, -0.15) is 0 Å². The Morgan fingerprint density at radius 2 is 1.90 bits per heavy atom. The van der Waals surface area contributed by atoms with Crippen LogP contribution in [0.15, 0.2) is 54.7 Å². The first-order valence-electron chi connectivity index (χ1n) is 9.31. The molecule has 2 N–H and O–H groups in total. The van der Waals surface area contributed by atoms with Crippen molar-refractivity contribution < 1.29 is 18.0 Å². The molecule has 1 aliphatic heterocycles. The van der Waals surface area contributed by atoms with Gasteiger partial charge >= 0.3 is 0 Å². The third kappa shape index (κ3) is 4.92. The summed E-state index contributed by atoms with van der Waals surface area (Å²) in [5.41, 5.74) is 3.16. The third-order valence-electron chi connectivity index (χ3n) is 5.01. The molecule has 1 fully saturated rings. The van der Waals surface area contributed by atoms with E-state index in [-0.39, 0.29) is 17.8 Å². The molecule has 7 heteroatoms. The maximum absolute atomic E-state index is 13.2. The van der Waals surface area contributed by atoms with Gasteiger partial charge in [0.15, 0.2) is 0 Å². The lowest BCUT2D eigenvalue weighted by Gasteiger charge is -2.33. The third-order valence-corrected chi connectivity index (χ3v) is 5.01. The molecule has 0 spiro atoms. The van der Waals surface area contributed by atoms with Gasteiger partial charge in [-0.25, -0.2) is 13.2 Å². The van der Waals surface area contributed by atoms with Crippen molar-refractivity contribution in [1.29, 1.82) is 0 Å². The summed E-state index contributed by atoms with van der Waals surface area (Å²) < 4.78 is 32.4. The van der Waals surface area contributed by atoms with Crippen LogP contribution in [0.25, 0.3) is 22.0 Å². The van der Waals surface area contributed by atoms with Crippen LogP contribution in [0.1, 0.15) is 17.3 Å². The van der Waals surface area contributed by atoms with Crippen molar-refractivity contribution in [3.05, 3.63) is 66.1 Å². The van der Waals surface area contributed by atoms with Gasteiger partial charge in [0.05, 0.1) is 11.1 Å². The van der Waals surface area contributed by atoms with Crippen molar-refractivity contribution in [1.82, 2.24) is 15.6 Å². The van der Waals surface area contributed by atoms with Gasteiger partial charge < -0.3 is 10.6 Å². The molecule has 0 aliphatic carbocycles. The summed E-state index contributed by atoms with van der Waals surface area (Å²) in [6.45, 7) is 2.17. The Kier molecular flexibility index (Phi) is 6.82. The standard InChI is InChI=1S/C21H20FN3O.CH2F2/c1-13(17-10-23-11-17)25-21(26)16-9-15-3-2-4-19(20(15)24-12-16)14-5-7-18(22)8-6-14;2-1-3/h2-9,12-13,17,23H,10-11H2,1H3,(H,25,26);1H2. The molecule has 1 aliphatic rings. The number of amides is 1. The SMILES string of the molecule is CC(NC(=O)c1cnc2c(-c3ccc(F)cc3)cccc2c1)C1CNC1.FCF. The molecule has 2 aromatic carbocycles. The summed E-state index contributed by atoms with van der Waals surface area (Å²) >= 11 is 0. The number of nitrogens with one attached hydrogen (secondary N) is 2. The van der Waals surface area contributed by atoms with Crippen LogP contribution in [0.4, 0.5) is 13.2 Å². The lowest BCUT2D eigenvalue weighted by Crippen LogP contribution is -2.53. The van der Waals surface area contributed by atoms with Gasteiger partial charge in [-0.05, 0) is 30.7 Å². The predicted molar refractivity (Wildman–Crippen MR) is 108 cm³/mol. The number of rotatable bonds is 4. The number of fused-ring (bicyclic) bond motifs is 1. The molecular weight excluding hydrogens is 379 g/mol. The van der Waals surface area contributed by atoms with E-state index in [4.69, 9.17) is 0 Å². The summed E-state index contributed by atoms with van der Waals surface area (Å²) in [6.07, 6.45) is 1.61. The maximum Gasteiger partial charge on any atom is 0.253 e. The first-order valence-corrected chi connectivity index (χ1v) is 9.31. The molecule has 0 saturated carbocycles. The number of carbonyl (C=O) groups excluding carboxylic acids is 1. The van der Waals surface area contributed by atoms with Crippen LogP contribution >= 0.6 is 0 Å². The number of pyridine rings is 1. The minimum Gasteiger partial charge on any atom is -0.349 e. The summed E-state index contributed by atoms with van der Waals surface area (Å²) in [6, 6.07) is 14.1. The van der Waals surface area contributed by atoms with Gasteiger partial charge in [0.2, 0.25) is 6.93 Å². The first kappa shape index (κ1) is 20.8. The Morgan fingerprint density at radius 3 is 2.52 bits per heavy atom. The smallest absolute Gasteiger partial charge is 0.253 e. The number of halogens is 3. The minimum absolute atomic E-state index is 0.106. The predicted octanol–water partition coefficient (Wildman–Crippen LogP) is 4.26. The Hall–Kier alpha value is -2.93. The van der Waals surface area contributed by atoms with E-state index in [2.05, 4.69) is 15.6 Å². The van der Waals surface area contributed by atoms with Crippen LogP contribution in [0.2, 0.25) is 0 Å². The van der Waals surface area contributed by atoms with Gasteiger partial charge in [-0.3, -0.25) is 9.78 Å². The normalized spacial score (nSPS) is 14.5. The van der Waals surface area contributed by atoms with Gasteiger partial charge in [0, 0.05) is 42.2 Å². The minimum atomic E-state index is -1.75. The lowest BCUT2D eigenvalue weighted by molar-refractivity contribution is 0.0916. The molecule has 1 atom stereocenters. The number of benzene rings is 2. The fourth-order valence-electron chi connectivity index (χ4n) is 3.22. The van der Waals surface area contributed by atoms with E-state index < -0.39 is 6.93 Å². The van der Waals surface area contributed by atoms with Crippen molar-refractivity contribution in [2.75, 3.05) is 20.0 Å². The molecule has 29 heavy (non-hydrogen) atoms. The number of hydrogen-bond donors (Lipinski definition) is 2. The summed E-state index contributed by atoms with van der Waals surface area (Å²) in [4.78, 5) is 17.0. The second-order valence-corrected chi connectivity index (χ2v) is 6.89. The molecule has 2 heterocycles. The van der Waals surface area contributed by atoms with Crippen molar-refractivity contribution >= 4 is 16.8 Å². The molecule has 4 nitrogen and oxygen atoms in total. The Labute approximate surface area is 167 Å². The lowest BCUT2D eigenvalue weighted by atomic mass is 9.95. The van der Waals surface area contributed by atoms with E-state index in [1.807, 2.05) is 31.2 Å². The second kappa shape index (κ2) is 9.52. The van der Waals surface area contributed by atoms with Crippen LogP contribution in [0, 0.1) is 11.7 Å². The van der Waals surface area contributed by atoms with E-state index in [0.717, 1.165) is 35.1 Å². The zero-order valence-electron chi connectivity index (χ0n) is 16.0. The molecule has 0 bridgehead atoms. The Bertz CT molecular complexity index is 975. The molecule has 3 aromatic rings. The monoisotopic (exact) mass is 401 g/mol. The van der Waals surface area contributed by atoms with E-state index in [9.17, 15) is 18.0 Å². The highest BCUT2D eigenvalue weighted by molar-refractivity contribution is 6.00. The molecule has 4 rings (SSSR count). The molecule has 0 radical (unpaired) electrons. The number of para-hydroxylation sites is 1. The van der Waals surface area contributed by atoms with Crippen LogP contribution in [-0.2, 0) is 0 Å². The first-order chi connectivity index (χ1) is 14.0. The Balaban J connectivity index is 0.000000755. The van der Waals surface area contributed by atoms with E-state index in [0.29, 0.717) is 11.5 Å². The van der Waals surface area contributed by atoms with Crippen molar-refractivity contribution in [2.24, 2.45) is 5.92 Å². The highest BCUT2D eigenvalue weighted by Gasteiger charge is 2.25. The highest BCUT2D eigenvalue weighted by atomic mass is 19.3. The number of aromatic nitrogens is 1. The average Bonchev–Trinajstić information content (AvgIpc) is 2.67. The van der Waals surface area contributed by atoms with Gasteiger partial charge in [0.1, 0.15) is 5.82 Å². The number of carbonyl (C=O) groups is 1. The topological polar surface area (TPSA) is 54.0 Å². The molecular formula is C22H22F3N3O. The van der Waals surface area contributed by atoms with Crippen molar-refractivity contribution in [2.45, 2.75) is 13.0 Å². The fourth-order valence-corrected chi connectivity index (χ4v) is 3.22. The van der Waals surface area contributed by atoms with Crippen molar-refractivity contribution in [3.63, 3.8) is 0 Å². The van der Waals surface area contributed by atoms with Crippen LogP contribution in [0.3, 0.4) is 0 Å². The molecule has 1 aromatic heterocycles. The van der Waals surface area contributed by atoms with Crippen LogP contribution in [-0.4, -0.2) is 37.0 Å². The largest absolute Gasteiger partial charge is 0.349 e. The molecule has 1 amide bonds. The second-order valence-electron chi connectivity index (χ2n) is 6.89. The van der Waals surface area contributed by atoms with Crippen LogP contribution < -0.4 is 10.6 Å².